The first-order valence-corrected chi connectivity index (χ1v) is 7.93. The number of rotatable bonds is 6. The van der Waals surface area contributed by atoms with E-state index in [1.54, 1.807) is 24.2 Å². The van der Waals surface area contributed by atoms with E-state index < -0.39 is 0 Å². The summed E-state index contributed by atoms with van der Waals surface area (Å²) in [5, 5.41) is 13.4. The Labute approximate surface area is 141 Å². The van der Waals surface area contributed by atoms with E-state index in [4.69, 9.17) is 4.52 Å². The standard InChI is InChI=1S/C17H24N4O3/c1-17(2,3)13(11-22)21(4)15(23)9-8-14-19-16(20-24-14)12-7-5-6-10-18-12/h5-7,10,13,22H,8-9,11H2,1-4H3/t13-/m0/s1. The number of aryl methyl sites for hydroxylation is 1. The smallest absolute Gasteiger partial charge is 0.227 e. The molecule has 1 amide bonds. The van der Waals surface area contributed by atoms with Gasteiger partial charge in [-0.15, -0.1) is 0 Å². The minimum atomic E-state index is -0.239. The van der Waals surface area contributed by atoms with Crippen molar-refractivity contribution in [3.63, 3.8) is 0 Å². The molecule has 24 heavy (non-hydrogen) atoms. The van der Waals surface area contributed by atoms with Crippen LogP contribution in [-0.4, -0.2) is 50.7 Å². The van der Waals surface area contributed by atoms with Crippen molar-refractivity contribution in [3.05, 3.63) is 30.3 Å². The highest BCUT2D eigenvalue weighted by molar-refractivity contribution is 5.76. The Kier molecular flexibility index (Phi) is 5.66. The largest absolute Gasteiger partial charge is 0.394 e. The topological polar surface area (TPSA) is 92.4 Å². The quantitative estimate of drug-likeness (QED) is 0.869. The van der Waals surface area contributed by atoms with Crippen LogP contribution in [0.5, 0.6) is 0 Å². The van der Waals surface area contributed by atoms with Crippen LogP contribution in [0, 0.1) is 5.41 Å². The summed E-state index contributed by atoms with van der Waals surface area (Å²) < 4.78 is 5.18. The molecule has 7 heteroatoms. The van der Waals surface area contributed by atoms with Crippen LogP contribution in [-0.2, 0) is 11.2 Å². The lowest BCUT2D eigenvalue weighted by atomic mass is 9.86. The molecule has 0 fully saturated rings. The number of hydrogen-bond acceptors (Lipinski definition) is 6. The Bertz CT molecular complexity index is 664. The van der Waals surface area contributed by atoms with E-state index in [2.05, 4.69) is 15.1 Å². The van der Waals surface area contributed by atoms with Gasteiger partial charge in [0.25, 0.3) is 0 Å². The second-order valence-electron chi connectivity index (χ2n) is 6.80. The molecule has 7 nitrogen and oxygen atoms in total. The van der Waals surface area contributed by atoms with E-state index in [1.807, 2.05) is 32.9 Å². The minimum Gasteiger partial charge on any atom is -0.394 e. The summed E-state index contributed by atoms with van der Waals surface area (Å²) in [4.78, 5) is 22.4. The van der Waals surface area contributed by atoms with Crippen molar-refractivity contribution in [2.45, 2.75) is 39.7 Å². The van der Waals surface area contributed by atoms with Crippen LogP contribution in [0.3, 0.4) is 0 Å². The van der Waals surface area contributed by atoms with Crippen LogP contribution >= 0.6 is 0 Å². The molecular weight excluding hydrogens is 308 g/mol. The normalized spacial score (nSPS) is 12.9. The van der Waals surface area contributed by atoms with Gasteiger partial charge < -0.3 is 14.5 Å². The molecule has 1 atom stereocenters. The highest BCUT2D eigenvalue weighted by Gasteiger charge is 2.30. The van der Waals surface area contributed by atoms with Crippen molar-refractivity contribution in [1.82, 2.24) is 20.0 Å². The molecule has 2 aromatic heterocycles. The molecule has 0 aliphatic carbocycles. The lowest BCUT2D eigenvalue weighted by Gasteiger charge is -2.36. The van der Waals surface area contributed by atoms with E-state index >= 15 is 0 Å². The third-order valence-corrected chi connectivity index (χ3v) is 3.95. The van der Waals surface area contributed by atoms with Crippen LogP contribution in [0.15, 0.2) is 28.9 Å². The average molecular weight is 332 g/mol. The molecule has 0 saturated carbocycles. The number of carbonyl (C=O) groups excluding carboxylic acids is 1. The molecule has 0 aliphatic heterocycles. The predicted molar refractivity (Wildman–Crippen MR) is 88.9 cm³/mol. The van der Waals surface area contributed by atoms with Gasteiger partial charge in [0.15, 0.2) is 0 Å². The Morgan fingerprint density at radius 1 is 1.38 bits per heavy atom. The highest BCUT2D eigenvalue weighted by Crippen LogP contribution is 2.24. The first-order chi connectivity index (χ1) is 11.3. The number of hydrogen-bond donors (Lipinski definition) is 1. The number of carbonyl (C=O) groups is 1. The molecule has 2 rings (SSSR count). The van der Waals surface area contributed by atoms with Gasteiger partial charge in [-0.25, -0.2) is 0 Å². The molecule has 0 unspecified atom stereocenters. The molecule has 0 saturated heterocycles. The summed E-state index contributed by atoms with van der Waals surface area (Å²) in [7, 11) is 1.71. The van der Waals surface area contributed by atoms with Gasteiger partial charge >= 0.3 is 0 Å². The maximum Gasteiger partial charge on any atom is 0.227 e. The van der Waals surface area contributed by atoms with Gasteiger partial charge in [-0.2, -0.15) is 4.98 Å². The summed E-state index contributed by atoms with van der Waals surface area (Å²) in [6.07, 6.45) is 2.25. The van der Waals surface area contributed by atoms with E-state index in [0.29, 0.717) is 23.8 Å². The molecular formula is C17H24N4O3. The van der Waals surface area contributed by atoms with Crippen LogP contribution in [0.2, 0.25) is 0 Å². The van der Waals surface area contributed by atoms with Crippen molar-refractivity contribution >= 4 is 5.91 Å². The van der Waals surface area contributed by atoms with Gasteiger partial charge in [-0.1, -0.05) is 32.0 Å². The molecule has 2 aromatic rings. The maximum absolute atomic E-state index is 12.4. The zero-order chi connectivity index (χ0) is 17.7. The van der Waals surface area contributed by atoms with Gasteiger partial charge in [0.1, 0.15) is 5.69 Å². The maximum atomic E-state index is 12.4. The number of aliphatic hydroxyl groups is 1. The minimum absolute atomic E-state index is 0.0680. The SMILES string of the molecule is CN(C(=O)CCc1nc(-c2ccccn2)no1)[C@@H](CO)C(C)(C)C. The van der Waals surface area contributed by atoms with Crippen molar-refractivity contribution in [1.29, 1.82) is 0 Å². The Morgan fingerprint density at radius 2 is 2.12 bits per heavy atom. The first kappa shape index (κ1) is 18.1. The van der Waals surface area contributed by atoms with E-state index in [0.717, 1.165) is 0 Å². The summed E-state index contributed by atoms with van der Waals surface area (Å²) in [6, 6.07) is 5.21. The molecule has 0 aliphatic rings. The average Bonchev–Trinajstić information content (AvgIpc) is 3.01. The second-order valence-corrected chi connectivity index (χ2v) is 6.80. The summed E-state index contributed by atoms with van der Waals surface area (Å²) in [6.45, 7) is 5.91. The Hall–Kier alpha value is -2.28. The Balaban J connectivity index is 1.96. The lowest BCUT2D eigenvalue weighted by molar-refractivity contribution is -0.135. The van der Waals surface area contributed by atoms with Crippen molar-refractivity contribution in [2.24, 2.45) is 5.41 Å². The van der Waals surface area contributed by atoms with Gasteiger partial charge in [-0.3, -0.25) is 9.78 Å². The molecule has 0 aromatic carbocycles. The monoisotopic (exact) mass is 332 g/mol. The van der Waals surface area contributed by atoms with Crippen molar-refractivity contribution < 1.29 is 14.4 Å². The summed E-state index contributed by atoms with van der Waals surface area (Å²) >= 11 is 0. The first-order valence-electron chi connectivity index (χ1n) is 7.93. The van der Waals surface area contributed by atoms with Gasteiger partial charge in [0, 0.05) is 26.1 Å². The van der Waals surface area contributed by atoms with E-state index in [-0.39, 0.29) is 30.4 Å². The van der Waals surface area contributed by atoms with Crippen LogP contribution < -0.4 is 0 Å². The van der Waals surface area contributed by atoms with Gasteiger partial charge in [0.05, 0.1) is 12.6 Å². The number of amides is 1. The number of aromatic nitrogens is 3. The van der Waals surface area contributed by atoms with Crippen molar-refractivity contribution in [2.75, 3.05) is 13.7 Å². The molecule has 0 spiro atoms. The third kappa shape index (κ3) is 4.38. The summed E-state index contributed by atoms with van der Waals surface area (Å²) in [5.74, 6) is 0.740. The molecule has 130 valence electrons. The van der Waals surface area contributed by atoms with Gasteiger partial charge in [0.2, 0.25) is 17.6 Å². The van der Waals surface area contributed by atoms with Crippen molar-refractivity contribution in [3.8, 4) is 11.5 Å². The molecule has 2 heterocycles. The van der Waals surface area contributed by atoms with Crippen LogP contribution in [0.1, 0.15) is 33.1 Å². The number of nitrogens with zero attached hydrogens (tertiary/aromatic N) is 4. The zero-order valence-electron chi connectivity index (χ0n) is 14.6. The molecule has 0 radical (unpaired) electrons. The number of pyridine rings is 1. The molecule has 1 N–H and O–H groups in total. The second kappa shape index (κ2) is 7.53. The lowest BCUT2D eigenvalue weighted by Crippen LogP contribution is -2.47. The molecule has 0 bridgehead atoms. The fourth-order valence-corrected chi connectivity index (χ4v) is 2.50. The summed E-state index contributed by atoms with van der Waals surface area (Å²) in [5.41, 5.74) is 0.430. The highest BCUT2D eigenvalue weighted by atomic mass is 16.5. The predicted octanol–water partition coefficient (Wildman–Crippen LogP) is 1.93. The van der Waals surface area contributed by atoms with Crippen LogP contribution in [0.4, 0.5) is 0 Å². The fraction of sp³-hybridized carbons (Fsp3) is 0.529. The van der Waals surface area contributed by atoms with Crippen LogP contribution in [0.25, 0.3) is 11.5 Å². The Morgan fingerprint density at radius 3 is 2.71 bits per heavy atom. The number of likely N-dealkylation sites (N-methyl/N-ethyl adjacent to an activating group) is 1. The van der Waals surface area contributed by atoms with E-state index in [9.17, 15) is 9.90 Å². The fourth-order valence-electron chi connectivity index (χ4n) is 2.50. The third-order valence-electron chi connectivity index (χ3n) is 3.95. The van der Waals surface area contributed by atoms with Gasteiger partial charge in [-0.05, 0) is 17.5 Å². The zero-order valence-corrected chi connectivity index (χ0v) is 14.6. The number of aliphatic hydroxyl groups excluding tert-OH is 1. The van der Waals surface area contributed by atoms with E-state index in [1.165, 1.54) is 0 Å².